The molecule has 0 unspecified atom stereocenters. The van der Waals surface area contributed by atoms with Crippen LogP contribution in [0.2, 0.25) is 0 Å². The van der Waals surface area contributed by atoms with Crippen LogP contribution in [0.4, 0.5) is 0 Å². The molecule has 1 aromatic heterocycles. The van der Waals surface area contributed by atoms with Crippen LogP contribution in [0.15, 0.2) is 54.7 Å². The molecule has 0 radical (unpaired) electrons. The molecule has 182 valence electrons. The van der Waals surface area contributed by atoms with Crippen LogP contribution in [0.1, 0.15) is 39.9 Å². The van der Waals surface area contributed by atoms with E-state index in [0.29, 0.717) is 56.6 Å². The predicted octanol–water partition coefficient (Wildman–Crippen LogP) is 3.25. The van der Waals surface area contributed by atoms with Crippen LogP contribution in [0.25, 0.3) is 11.3 Å². The average molecular weight is 472 g/mol. The van der Waals surface area contributed by atoms with Gasteiger partial charge in [0.1, 0.15) is 5.69 Å². The first kappa shape index (κ1) is 23.3. The van der Waals surface area contributed by atoms with E-state index < -0.39 is 0 Å². The molecule has 7 heteroatoms. The van der Waals surface area contributed by atoms with Crippen molar-refractivity contribution in [1.82, 2.24) is 24.9 Å². The van der Waals surface area contributed by atoms with Gasteiger partial charge in [-0.2, -0.15) is 5.10 Å². The van der Waals surface area contributed by atoms with Crippen molar-refractivity contribution in [2.24, 2.45) is 0 Å². The average Bonchev–Trinajstić information content (AvgIpc) is 3.57. The number of aryl methyl sites for hydroxylation is 2. The molecular weight excluding hydrogens is 438 g/mol. The number of aromatic nitrogens is 2. The van der Waals surface area contributed by atoms with Gasteiger partial charge >= 0.3 is 0 Å². The van der Waals surface area contributed by atoms with Gasteiger partial charge in [0.2, 0.25) is 5.91 Å². The number of amides is 2. The Labute approximate surface area is 206 Å². The first-order chi connectivity index (χ1) is 16.9. The summed E-state index contributed by atoms with van der Waals surface area (Å²) < 4.78 is 1.87. The molecule has 2 aliphatic rings. The minimum Gasteiger partial charge on any atom is -0.352 e. The van der Waals surface area contributed by atoms with Crippen molar-refractivity contribution >= 4 is 11.8 Å². The fourth-order valence-electron chi connectivity index (χ4n) is 4.45. The third-order valence-corrected chi connectivity index (χ3v) is 6.75. The first-order valence-corrected chi connectivity index (χ1v) is 12.5. The Bertz CT molecular complexity index is 1190. The van der Waals surface area contributed by atoms with E-state index in [1.165, 1.54) is 11.1 Å². The van der Waals surface area contributed by atoms with Gasteiger partial charge in [0.15, 0.2) is 0 Å². The number of nitrogens with zero attached hydrogens (tertiary/aromatic N) is 4. The molecule has 1 aliphatic heterocycles. The predicted molar refractivity (Wildman–Crippen MR) is 136 cm³/mol. The number of rotatable bonds is 7. The van der Waals surface area contributed by atoms with Crippen molar-refractivity contribution in [3.05, 3.63) is 77.0 Å². The molecular formula is C28H33N5O2. The quantitative estimate of drug-likeness (QED) is 0.574. The third-order valence-electron chi connectivity index (χ3n) is 6.75. The molecule has 7 nitrogen and oxygen atoms in total. The van der Waals surface area contributed by atoms with E-state index in [4.69, 9.17) is 5.10 Å². The van der Waals surface area contributed by atoms with Crippen molar-refractivity contribution in [2.75, 3.05) is 32.7 Å². The molecule has 0 spiro atoms. The fourth-order valence-corrected chi connectivity index (χ4v) is 4.45. The normalized spacial score (nSPS) is 16.3. The highest BCUT2D eigenvalue weighted by atomic mass is 16.2. The number of nitrogens with one attached hydrogen (secondary N) is 1. The standard InChI is InChI=1S/C28H33N5O2/c1-20-3-7-22(8-4-20)17-33-18-25(27(30-33)23-9-5-21(2)6-10-23)28(35)32-15-13-31(14-16-32)19-26(34)29-24-11-12-24/h3-10,18,24H,11-17,19H2,1-2H3,(H,29,34). The second-order valence-electron chi connectivity index (χ2n) is 9.85. The van der Waals surface area contributed by atoms with Crippen LogP contribution in [0, 0.1) is 13.8 Å². The number of hydrogen-bond acceptors (Lipinski definition) is 4. The topological polar surface area (TPSA) is 70.5 Å². The van der Waals surface area contributed by atoms with Crippen LogP contribution in [-0.4, -0.2) is 70.2 Å². The molecule has 35 heavy (non-hydrogen) atoms. The molecule has 1 saturated carbocycles. The molecule has 2 fully saturated rings. The Morgan fingerprint density at radius 1 is 0.914 bits per heavy atom. The molecule has 0 bridgehead atoms. The molecule has 1 saturated heterocycles. The summed E-state index contributed by atoms with van der Waals surface area (Å²) in [6, 6.07) is 16.9. The SMILES string of the molecule is Cc1ccc(Cn2cc(C(=O)N3CCN(CC(=O)NC4CC4)CC3)c(-c3ccc(C)cc3)n2)cc1. The minimum atomic E-state index is -0.00202. The van der Waals surface area contributed by atoms with Gasteiger partial charge in [-0.1, -0.05) is 59.7 Å². The van der Waals surface area contributed by atoms with Gasteiger partial charge in [-0.05, 0) is 32.3 Å². The van der Waals surface area contributed by atoms with Crippen molar-refractivity contribution in [2.45, 2.75) is 39.3 Å². The monoisotopic (exact) mass is 471 g/mol. The van der Waals surface area contributed by atoms with Crippen LogP contribution < -0.4 is 5.32 Å². The van der Waals surface area contributed by atoms with E-state index in [1.807, 2.05) is 40.0 Å². The molecule has 2 aromatic carbocycles. The lowest BCUT2D eigenvalue weighted by atomic mass is 10.1. The third kappa shape index (κ3) is 5.80. The maximum Gasteiger partial charge on any atom is 0.257 e. The summed E-state index contributed by atoms with van der Waals surface area (Å²) in [6.07, 6.45) is 4.07. The molecule has 2 amide bonds. The lowest BCUT2D eigenvalue weighted by molar-refractivity contribution is -0.122. The molecule has 1 aliphatic carbocycles. The summed E-state index contributed by atoms with van der Waals surface area (Å²) in [5, 5.41) is 7.88. The van der Waals surface area contributed by atoms with Gasteiger partial charge in [-0.25, -0.2) is 0 Å². The zero-order valence-corrected chi connectivity index (χ0v) is 20.5. The van der Waals surface area contributed by atoms with E-state index in [1.54, 1.807) is 0 Å². The molecule has 2 heterocycles. The number of hydrogen-bond donors (Lipinski definition) is 1. The lowest BCUT2D eigenvalue weighted by Crippen LogP contribution is -2.51. The van der Waals surface area contributed by atoms with Gasteiger partial charge < -0.3 is 10.2 Å². The van der Waals surface area contributed by atoms with Gasteiger partial charge in [-0.3, -0.25) is 19.2 Å². The Kier molecular flexibility index (Phi) is 6.68. The summed E-state index contributed by atoms with van der Waals surface area (Å²) in [7, 11) is 0. The van der Waals surface area contributed by atoms with E-state index >= 15 is 0 Å². The number of carbonyl (C=O) groups is 2. The van der Waals surface area contributed by atoms with E-state index in [9.17, 15) is 9.59 Å². The maximum absolute atomic E-state index is 13.6. The first-order valence-electron chi connectivity index (χ1n) is 12.5. The van der Waals surface area contributed by atoms with Gasteiger partial charge in [0, 0.05) is 44.0 Å². The van der Waals surface area contributed by atoms with Crippen LogP contribution in [-0.2, 0) is 11.3 Å². The highest BCUT2D eigenvalue weighted by Crippen LogP contribution is 2.25. The van der Waals surface area contributed by atoms with Crippen LogP contribution in [0.5, 0.6) is 0 Å². The highest BCUT2D eigenvalue weighted by Gasteiger charge is 2.28. The summed E-state index contributed by atoms with van der Waals surface area (Å²) in [5.74, 6) is 0.0872. The maximum atomic E-state index is 13.6. The Morgan fingerprint density at radius 2 is 1.54 bits per heavy atom. The van der Waals surface area contributed by atoms with Gasteiger partial charge in [0.05, 0.1) is 18.7 Å². The van der Waals surface area contributed by atoms with Crippen molar-refractivity contribution in [1.29, 1.82) is 0 Å². The Hall–Kier alpha value is -3.45. The molecule has 3 aromatic rings. The van der Waals surface area contributed by atoms with Gasteiger partial charge in [-0.15, -0.1) is 0 Å². The second-order valence-corrected chi connectivity index (χ2v) is 9.85. The Balaban J connectivity index is 1.31. The van der Waals surface area contributed by atoms with Crippen LogP contribution in [0.3, 0.4) is 0 Å². The summed E-state index contributed by atoms with van der Waals surface area (Å²) in [6.45, 7) is 7.73. The smallest absolute Gasteiger partial charge is 0.257 e. The lowest BCUT2D eigenvalue weighted by Gasteiger charge is -2.34. The van der Waals surface area contributed by atoms with Crippen molar-refractivity contribution < 1.29 is 9.59 Å². The summed E-state index contributed by atoms with van der Waals surface area (Å²) in [4.78, 5) is 29.8. The second kappa shape index (κ2) is 10.0. The summed E-state index contributed by atoms with van der Waals surface area (Å²) in [5.41, 5.74) is 5.81. The minimum absolute atomic E-state index is 0.00202. The van der Waals surface area contributed by atoms with E-state index in [0.717, 1.165) is 24.0 Å². The number of benzene rings is 2. The van der Waals surface area contributed by atoms with Crippen LogP contribution >= 0.6 is 0 Å². The van der Waals surface area contributed by atoms with E-state index in [2.05, 4.69) is 48.3 Å². The molecule has 1 N–H and O–H groups in total. The molecule has 5 rings (SSSR count). The largest absolute Gasteiger partial charge is 0.352 e. The number of carbonyl (C=O) groups excluding carboxylic acids is 2. The molecule has 0 atom stereocenters. The van der Waals surface area contributed by atoms with Gasteiger partial charge in [0.25, 0.3) is 5.91 Å². The highest BCUT2D eigenvalue weighted by molar-refractivity contribution is 6.00. The fraction of sp³-hybridized carbons (Fsp3) is 0.393. The van der Waals surface area contributed by atoms with Crippen molar-refractivity contribution in [3.63, 3.8) is 0 Å². The summed E-state index contributed by atoms with van der Waals surface area (Å²) >= 11 is 0. The number of piperazine rings is 1. The van der Waals surface area contributed by atoms with Crippen molar-refractivity contribution in [3.8, 4) is 11.3 Å². The zero-order valence-electron chi connectivity index (χ0n) is 20.5. The zero-order chi connectivity index (χ0) is 24.4. The van der Waals surface area contributed by atoms with E-state index in [-0.39, 0.29) is 11.8 Å². The Morgan fingerprint density at radius 3 is 2.17 bits per heavy atom.